The number of benzene rings is 6. The number of hydrogen-bond donors (Lipinski definition) is 0. The van der Waals surface area contributed by atoms with Crippen LogP contribution in [-0.4, -0.2) is 44.8 Å². The van der Waals surface area contributed by atoms with E-state index < -0.39 is 8.25 Å². The smallest absolute Gasteiger partial charge is 0.294 e. The lowest BCUT2D eigenvalue weighted by Gasteiger charge is -2.23. The Morgan fingerprint density at radius 1 is 0.449 bits per heavy atom. The minimum atomic E-state index is -2.25. The number of hydrogen-bond acceptors (Lipinski definition) is 18. The third-order valence-corrected chi connectivity index (χ3v) is 17.3. The molecule has 0 spiro atoms. The summed E-state index contributed by atoms with van der Waals surface area (Å²) in [5.74, 6) is 2.54. The van der Waals surface area contributed by atoms with Crippen molar-refractivity contribution in [2.45, 2.75) is 189 Å². The molecular formula is C71H108O18P9+. The Hall–Kier alpha value is -4.46. The van der Waals surface area contributed by atoms with E-state index in [0.717, 1.165) is 86.8 Å². The molecule has 0 amide bonds. The molecule has 0 saturated heterocycles. The average molecular weight is 1530 g/mol. The van der Waals surface area contributed by atoms with Crippen LogP contribution < -0.4 is 9.05 Å². The molecule has 3 aliphatic carbocycles. The summed E-state index contributed by atoms with van der Waals surface area (Å²) >= 11 is 0. The van der Waals surface area contributed by atoms with Crippen LogP contribution in [0.4, 0.5) is 0 Å². The Kier molecular flexibility index (Phi) is 69.2. The second-order valence-electron chi connectivity index (χ2n) is 21.6. The van der Waals surface area contributed by atoms with Gasteiger partial charge in [-0.3, -0.25) is 36.2 Å². The fourth-order valence-corrected chi connectivity index (χ4v) is 11.9. The molecule has 0 heterocycles. The topological polar surface area (TPSA) is 237 Å². The maximum atomic E-state index is 11.8. The van der Waals surface area contributed by atoms with Crippen LogP contribution in [0.15, 0.2) is 176 Å². The van der Waals surface area contributed by atoms with Crippen LogP contribution in [0.1, 0.15) is 172 Å². The maximum absolute atomic E-state index is 11.8. The van der Waals surface area contributed by atoms with Crippen molar-refractivity contribution in [3.8, 4) is 22.6 Å². The van der Waals surface area contributed by atoms with E-state index in [0.29, 0.717) is 43.8 Å². The minimum absolute atomic E-state index is 0. The van der Waals surface area contributed by atoms with Gasteiger partial charge < -0.3 is 0 Å². The number of aryl methyl sites for hydroxylation is 1. The zero-order valence-corrected chi connectivity index (χ0v) is 63.5. The molecule has 0 aliphatic heterocycles. The molecule has 6 aromatic carbocycles. The Balaban J connectivity index is -0.000000351. The summed E-state index contributed by atoms with van der Waals surface area (Å²) in [6, 6.07) is 56.2. The van der Waals surface area contributed by atoms with E-state index in [1.807, 2.05) is 146 Å². The highest BCUT2D eigenvalue weighted by atomic mass is 31.1. The molecule has 2 atom stereocenters. The van der Waals surface area contributed by atoms with Gasteiger partial charge in [0.25, 0.3) is 0 Å². The molecule has 3 aliphatic rings. The Bertz CT molecular complexity index is 2840. The maximum Gasteiger partial charge on any atom is 0.805 e. The molecule has 98 heavy (non-hydrogen) atoms. The van der Waals surface area contributed by atoms with Crippen LogP contribution in [0, 0.1) is 11.8 Å². The average Bonchev–Trinajstić information content (AvgIpc) is 1.55. The summed E-state index contributed by atoms with van der Waals surface area (Å²) < 4.78 is 134. The molecule has 18 nitrogen and oxygen atoms in total. The monoisotopic (exact) mass is 1530 g/mol. The Morgan fingerprint density at radius 2 is 0.867 bits per heavy atom. The molecular weight excluding hydrogens is 1420 g/mol. The third kappa shape index (κ3) is 55.3. The van der Waals surface area contributed by atoms with Gasteiger partial charge in [-0.05, 0) is 147 Å². The van der Waals surface area contributed by atoms with Crippen LogP contribution in [0.2, 0.25) is 0 Å². The lowest BCUT2D eigenvalue weighted by molar-refractivity contribution is 0.151. The molecule has 27 heteroatoms. The van der Waals surface area contributed by atoms with Gasteiger partial charge in [0.1, 0.15) is 0 Å². The first-order valence-corrected chi connectivity index (χ1v) is 39.6. The standard InChI is InChI=1S/C18H14O3P.C9H11O2P.C8H9O2P.2C7H13O2P.C7H7O2P.C6H11O2P.C6H13O2P.CH3OP.2CH4.3H2/c19-22(20-17-9-5-2-6-10-17)21-18-13-11-16(12-14-18)15-7-3-1-4-8-15;10-12-11-8-4-7-9-5-2-1-3-6-9;9-11-10-7-6-8-4-2-1-3-5-8;1-6-2-4-7(5-3-6)9-10-8;2*8-10-9-6-7-4-2-1-3-5-7;7-9-8-6-4-2-1-3-5-6;1-3-5-6(4-2)8-9-7;1-3-2;;;;;/h1-14H;1-3,5-6H,4,7-8H2;1-5H,6-7H2;6-7H,2-5H2,1H3;7H,1-6H2;1-5H,6H2;6H,1-5H2;6H,3-5H2,1-2H3;1H3;2*1H4;3*1H/q+1;;;;;;;;;;;;;. The van der Waals surface area contributed by atoms with Crippen molar-refractivity contribution < 1.29 is 86.1 Å². The van der Waals surface area contributed by atoms with E-state index in [1.165, 1.54) is 75.3 Å². The van der Waals surface area contributed by atoms with Gasteiger partial charge in [-0.2, -0.15) is 0 Å². The van der Waals surface area contributed by atoms with E-state index in [4.69, 9.17) is 31.7 Å². The van der Waals surface area contributed by atoms with Crippen LogP contribution in [-0.2, 0) is 92.2 Å². The first-order chi connectivity index (χ1) is 47.1. The zero-order chi connectivity index (χ0) is 70.0. The number of rotatable bonds is 29. The van der Waals surface area contributed by atoms with Crippen molar-refractivity contribution >= 4 is 77.5 Å². The molecule has 0 aromatic heterocycles. The lowest BCUT2D eigenvalue weighted by Crippen LogP contribution is -2.16. The van der Waals surface area contributed by atoms with Crippen molar-refractivity contribution in [3.63, 3.8) is 0 Å². The van der Waals surface area contributed by atoms with Gasteiger partial charge in [0.2, 0.25) is 0 Å². The number of para-hydroxylation sites is 1. The van der Waals surface area contributed by atoms with Gasteiger partial charge in [0.05, 0.1) is 44.7 Å². The summed E-state index contributed by atoms with van der Waals surface area (Å²) in [4.78, 5) is 0. The Morgan fingerprint density at radius 3 is 1.33 bits per heavy atom. The molecule has 3 fully saturated rings. The normalized spacial score (nSPS) is 15.2. The van der Waals surface area contributed by atoms with E-state index in [-0.39, 0.29) is 107 Å². The fraction of sp³-hybridized carbons (Fsp3) is 0.493. The largest absolute Gasteiger partial charge is 0.805 e. The summed E-state index contributed by atoms with van der Waals surface area (Å²) in [5.41, 5.74) is 5.73. The second-order valence-corrected chi connectivity index (χ2v) is 25.5. The molecule has 3 saturated carbocycles. The molecule has 9 rings (SSSR count). The van der Waals surface area contributed by atoms with E-state index in [1.54, 1.807) is 30.9 Å². The predicted molar refractivity (Wildman–Crippen MR) is 405 cm³/mol. The fourth-order valence-electron chi connectivity index (χ4n) is 9.39. The second kappa shape index (κ2) is 71.0. The SMILES string of the molecule is C.C.CC1CCC(OP=O)CC1.CCCC(CC)OP=O.CP=O.O=POC1CCCCC1.O=POCC1CCCCC1.O=POCCCc1ccccc1.O=POCCc1ccccc1.O=POCc1ccccc1.O=[P+](Oc1ccccc1)Oc1ccc(-c2ccccc2)cc1.[HH].[HH].[HH]. The highest BCUT2D eigenvalue weighted by Crippen LogP contribution is 2.32. The molecule has 0 N–H and O–H groups in total. The van der Waals surface area contributed by atoms with Gasteiger partial charge in [-0.15, -0.1) is 0 Å². The molecule has 0 radical (unpaired) electrons. The van der Waals surface area contributed by atoms with Gasteiger partial charge in [0.15, 0.2) is 20.0 Å². The van der Waals surface area contributed by atoms with Crippen molar-refractivity contribution in [3.05, 3.63) is 193 Å². The third-order valence-electron chi connectivity index (χ3n) is 14.4. The minimum Gasteiger partial charge on any atom is -0.294 e. The van der Waals surface area contributed by atoms with Gasteiger partial charge in [0, 0.05) is 15.5 Å². The van der Waals surface area contributed by atoms with Gasteiger partial charge >= 0.3 is 69.1 Å². The van der Waals surface area contributed by atoms with Crippen LogP contribution in [0.3, 0.4) is 0 Å². The van der Waals surface area contributed by atoms with E-state index in [2.05, 4.69) is 39.6 Å². The summed E-state index contributed by atoms with van der Waals surface area (Å²) in [6.07, 6.45) is 23.6. The summed E-state index contributed by atoms with van der Waals surface area (Å²) in [7, 11) is -3.45. The molecule has 6 aromatic rings. The lowest BCUT2D eigenvalue weighted by atomic mass is 9.89. The molecule has 0 bridgehead atoms. The van der Waals surface area contributed by atoms with E-state index in [9.17, 15) is 36.5 Å². The Labute approximate surface area is 602 Å². The highest BCUT2D eigenvalue weighted by molar-refractivity contribution is 7.34. The first-order valence-electron chi connectivity index (χ1n) is 32.2. The van der Waals surface area contributed by atoms with Crippen molar-refractivity contribution in [2.75, 3.05) is 26.5 Å². The summed E-state index contributed by atoms with van der Waals surface area (Å²) in [6.45, 7) is 10.1. The van der Waals surface area contributed by atoms with Crippen molar-refractivity contribution in [1.29, 1.82) is 0 Å². The predicted octanol–water partition coefficient (Wildman–Crippen LogP) is 27.0. The zero-order valence-electron chi connectivity index (χ0n) is 55.5. The molecule has 2 unspecified atom stereocenters. The van der Waals surface area contributed by atoms with E-state index >= 15 is 0 Å². The van der Waals surface area contributed by atoms with Crippen molar-refractivity contribution in [1.82, 2.24) is 0 Å². The van der Waals surface area contributed by atoms with Crippen LogP contribution in [0.25, 0.3) is 11.1 Å². The first kappa shape index (κ1) is 95.6. The molecule has 544 valence electrons. The van der Waals surface area contributed by atoms with Crippen LogP contribution in [0.5, 0.6) is 11.5 Å². The van der Waals surface area contributed by atoms with Crippen LogP contribution >= 0.6 is 77.5 Å². The summed E-state index contributed by atoms with van der Waals surface area (Å²) in [5, 5.41) is 0. The van der Waals surface area contributed by atoms with Crippen molar-refractivity contribution in [2.24, 2.45) is 11.8 Å². The van der Waals surface area contributed by atoms with Gasteiger partial charge in [-0.25, -0.2) is 41.0 Å². The highest BCUT2D eigenvalue weighted by Gasteiger charge is 2.24. The quantitative estimate of drug-likeness (QED) is 0.0313. The van der Waals surface area contributed by atoms with Gasteiger partial charge in [-0.1, -0.05) is 232 Å².